The third kappa shape index (κ3) is 3.99. The Bertz CT molecular complexity index is 2260. The summed E-state index contributed by atoms with van der Waals surface area (Å²) >= 11 is 0. The van der Waals surface area contributed by atoms with Crippen LogP contribution in [0, 0.1) is 13.8 Å². The van der Waals surface area contributed by atoms with Gasteiger partial charge in [-0.25, -0.2) is 4.90 Å². The molecular weight excluding hydrogens is 540 g/mol. The van der Waals surface area contributed by atoms with Crippen LogP contribution in [0.5, 0.6) is 0 Å². The molecule has 6 aromatic carbocycles. The lowest BCUT2D eigenvalue weighted by Crippen LogP contribution is -2.29. The van der Waals surface area contributed by atoms with Crippen molar-refractivity contribution < 1.29 is 9.59 Å². The molecule has 0 saturated heterocycles. The lowest BCUT2D eigenvalue weighted by Gasteiger charge is -2.15. The lowest BCUT2D eigenvalue weighted by molar-refractivity contribution is 0.0926. The molecule has 0 saturated carbocycles. The van der Waals surface area contributed by atoms with Gasteiger partial charge in [0, 0.05) is 10.8 Å². The molecule has 4 heteroatoms. The highest BCUT2D eigenvalue weighted by atomic mass is 16.2. The van der Waals surface area contributed by atoms with Crippen LogP contribution in [-0.4, -0.2) is 16.4 Å². The highest BCUT2D eigenvalue weighted by Gasteiger charge is 2.39. The summed E-state index contributed by atoms with van der Waals surface area (Å²) < 4.78 is 2.13. The van der Waals surface area contributed by atoms with E-state index in [2.05, 4.69) is 66.9 Å². The van der Waals surface area contributed by atoms with Crippen LogP contribution in [0.15, 0.2) is 133 Å². The van der Waals surface area contributed by atoms with E-state index >= 15 is 0 Å². The van der Waals surface area contributed by atoms with E-state index in [0.717, 1.165) is 38.5 Å². The molecule has 0 spiro atoms. The second kappa shape index (κ2) is 9.92. The Kier molecular flexibility index (Phi) is 5.85. The molecule has 4 nitrogen and oxygen atoms in total. The van der Waals surface area contributed by atoms with Gasteiger partial charge in [-0.1, -0.05) is 102 Å². The van der Waals surface area contributed by atoms with Crippen molar-refractivity contribution in [2.45, 2.75) is 13.8 Å². The third-order valence-corrected chi connectivity index (χ3v) is 8.59. The maximum atomic E-state index is 14.1. The topological polar surface area (TPSA) is 42.3 Å². The molecule has 44 heavy (non-hydrogen) atoms. The summed E-state index contributed by atoms with van der Waals surface area (Å²) in [6, 6.07) is 44.6. The number of fused-ring (bicyclic) bond motifs is 4. The molecular formula is C40H28N2O2. The summed E-state index contributed by atoms with van der Waals surface area (Å²) in [5, 5.41) is 2.19. The standard InChI is InChI=1S/C40H28N2O2/c1-25-21-26(2)23-30(22-25)29-17-20-36-34(24-29)32-11-6-7-13-35(32)42(36)37-14-8-12-33-38(37)40(44)41(39(33)43)31-18-15-28(16-19-31)27-9-4-3-5-10-27/h3-24H,1-2H3. The summed E-state index contributed by atoms with van der Waals surface area (Å²) in [6.45, 7) is 4.24. The number of anilines is 1. The maximum absolute atomic E-state index is 14.1. The summed E-state index contributed by atoms with van der Waals surface area (Å²) in [7, 11) is 0. The molecule has 0 N–H and O–H groups in total. The number of hydrogen-bond donors (Lipinski definition) is 0. The molecule has 0 fully saturated rings. The highest BCUT2D eigenvalue weighted by molar-refractivity contribution is 6.35. The minimum atomic E-state index is -0.314. The van der Waals surface area contributed by atoms with Gasteiger partial charge in [0.25, 0.3) is 11.8 Å². The van der Waals surface area contributed by atoms with Crippen molar-refractivity contribution in [1.82, 2.24) is 4.57 Å². The number of rotatable bonds is 4. The summed E-state index contributed by atoms with van der Waals surface area (Å²) in [5.74, 6) is -0.622. The van der Waals surface area contributed by atoms with Crippen molar-refractivity contribution in [3.63, 3.8) is 0 Å². The van der Waals surface area contributed by atoms with Crippen LogP contribution in [0.4, 0.5) is 5.69 Å². The quantitative estimate of drug-likeness (QED) is 0.198. The highest BCUT2D eigenvalue weighted by Crippen LogP contribution is 2.39. The number of imide groups is 1. The number of carbonyl (C=O) groups is 2. The number of carbonyl (C=O) groups excluding carboxylic acids is 2. The molecule has 0 bridgehead atoms. The normalized spacial score (nSPS) is 12.8. The predicted octanol–water partition coefficient (Wildman–Crippen LogP) is 9.54. The summed E-state index contributed by atoms with van der Waals surface area (Å²) in [5.41, 5.74) is 10.9. The lowest BCUT2D eigenvalue weighted by atomic mass is 9.99. The first-order chi connectivity index (χ1) is 21.5. The zero-order valence-electron chi connectivity index (χ0n) is 24.4. The molecule has 2 heterocycles. The zero-order valence-corrected chi connectivity index (χ0v) is 24.4. The molecule has 210 valence electrons. The van der Waals surface area contributed by atoms with Crippen LogP contribution in [0.3, 0.4) is 0 Å². The van der Waals surface area contributed by atoms with Crippen LogP contribution in [0.2, 0.25) is 0 Å². The van der Waals surface area contributed by atoms with E-state index in [9.17, 15) is 9.59 Å². The molecule has 1 aromatic heterocycles. The number of aromatic nitrogens is 1. The van der Waals surface area contributed by atoms with Gasteiger partial charge in [-0.15, -0.1) is 0 Å². The van der Waals surface area contributed by atoms with Gasteiger partial charge in [-0.2, -0.15) is 0 Å². The third-order valence-electron chi connectivity index (χ3n) is 8.59. The van der Waals surface area contributed by atoms with E-state index in [-0.39, 0.29) is 11.8 Å². The zero-order chi connectivity index (χ0) is 29.9. The van der Waals surface area contributed by atoms with Crippen molar-refractivity contribution in [2.24, 2.45) is 0 Å². The largest absolute Gasteiger partial charge is 0.308 e. The summed E-state index contributed by atoms with van der Waals surface area (Å²) in [6.07, 6.45) is 0. The smallest absolute Gasteiger partial charge is 0.268 e. The van der Waals surface area contributed by atoms with E-state index in [4.69, 9.17) is 0 Å². The van der Waals surface area contributed by atoms with Crippen LogP contribution in [-0.2, 0) is 0 Å². The molecule has 0 unspecified atom stereocenters. The average molecular weight is 569 g/mol. The molecule has 2 amide bonds. The SMILES string of the molecule is Cc1cc(C)cc(-c2ccc3c(c2)c2ccccc2n3-c2cccc3c2C(=O)N(c2ccc(-c4ccccc4)cc2)C3=O)c1. The number of hydrogen-bond acceptors (Lipinski definition) is 2. The monoisotopic (exact) mass is 568 g/mol. The second-order valence-corrected chi connectivity index (χ2v) is 11.5. The second-order valence-electron chi connectivity index (χ2n) is 11.5. The fourth-order valence-electron chi connectivity index (χ4n) is 6.68. The predicted molar refractivity (Wildman–Crippen MR) is 179 cm³/mol. The van der Waals surface area contributed by atoms with Crippen LogP contribution >= 0.6 is 0 Å². The first-order valence-electron chi connectivity index (χ1n) is 14.8. The van der Waals surface area contributed by atoms with E-state index in [1.165, 1.54) is 21.6 Å². The fourth-order valence-corrected chi connectivity index (χ4v) is 6.68. The van der Waals surface area contributed by atoms with Crippen LogP contribution in [0.1, 0.15) is 31.8 Å². The van der Waals surface area contributed by atoms with Gasteiger partial charge >= 0.3 is 0 Å². The number of nitrogens with zero attached hydrogens (tertiary/aromatic N) is 2. The van der Waals surface area contributed by atoms with Crippen molar-refractivity contribution in [3.8, 4) is 27.9 Å². The Labute approximate surface area is 255 Å². The van der Waals surface area contributed by atoms with E-state index in [1.54, 1.807) is 6.07 Å². The Morgan fingerprint density at radius 2 is 1.14 bits per heavy atom. The van der Waals surface area contributed by atoms with Crippen molar-refractivity contribution in [3.05, 3.63) is 156 Å². The molecule has 1 aliphatic heterocycles. The average Bonchev–Trinajstić information content (AvgIpc) is 3.51. The Morgan fingerprint density at radius 3 is 1.91 bits per heavy atom. The minimum absolute atomic E-state index is 0.308. The van der Waals surface area contributed by atoms with E-state index in [0.29, 0.717) is 22.5 Å². The molecule has 7 aromatic rings. The van der Waals surface area contributed by atoms with Gasteiger partial charge in [0.15, 0.2) is 0 Å². The molecule has 1 aliphatic rings. The maximum Gasteiger partial charge on any atom is 0.268 e. The number of aryl methyl sites for hydroxylation is 2. The van der Waals surface area contributed by atoms with Gasteiger partial charge in [0.2, 0.25) is 0 Å². The number of benzene rings is 6. The summed E-state index contributed by atoms with van der Waals surface area (Å²) in [4.78, 5) is 29.2. The van der Waals surface area contributed by atoms with E-state index in [1.807, 2.05) is 78.9 Å². The molecule has 8 rings (SSSR count). The number of para-hydroxylation sites is 1. The first-order valence-corrected chi connectivity index (χ1v) is 14.8. The van der Waals surface area contributed by atoms with Gasteiger partial charge < -0.3 is 4.57 Å². The van der Waals surface area contributed by atoms with Gasteiger partial charge in [-0.3, -0.25) is 9.59 Å². The Balaban J connectivity index is 1.27. The van der Waals surface area contributed by atoms with Gasteiger partial charge in [0.1, 0.15) is 0 Å². The molecule has 0 aliphatic carbocycles. The minimum Gasteiger partial charge on any atom is -0.308 e. The van der Waals surface area contributed by atoms with Gasteiger partial charge in [0.05, 0.1) is 33.5 Å². The number of amides is 2. The Morgan fingerprint density at radius 1 is 0.477 bits per heavy atom. The van der Waals surface area contributed by atoms with Gasteiger partial charge in [-0.05, 0) is 78.6 Å². The van der Waals surface area contributed by atoms with Crippen molar-refractivity contribution in [1.29, 1.82) is 0 Å². The molecule has 0 radical (unpaired) electrons. The Hall–Kier alpha value is -5.74. The van der Waals surface area contributed by atoms with Crippen molar-refractivity contribution in [2.75, 3.05) is 4.90 Å². The van der Waals surface area contributed by atoms with Crippen LogP contribution < -0.4 is 4.90 Å². The van der Waals surface area contributed by atoms with Crippen molar-refractivity contribution >= 4 is 39.3 Å². The van der Waals surface area contributed by atoms with Crippen LogP contribution in [0.25, 0.3) is 49.7 Å². The fraction of sp³-hybridized carbons (Fsp3) is 0.0500. The molecule has 0 atom stereocenters. The first kappa shape index (κ1) is 25.9. The van der Waals surface area contributed by atoms with E-state index < -0.39 is 0 Å².